The fourth-order valence-electron chi connectivity index (χ4n) is 3.85. The highest BCUT2D eigenvalue weighted by atomic mass is 32.2. The summed E-state index contributed by atoms with van der Waals surface area (Å²) < 4.78 is 27.0. The van der Waals surface area contributed by atoms with Crippen molar-refractivity contribution in [1.82, 2.24) is 9.62 Å². The maximum Gasteiger partial charge on any atom is 0.331 e. The Hall–Kier alpha value is -2.11. The number of β-lactam (4-membered cyclic amide) rings is 1. The zero-order chi connectivity index (χ0) is 19.8. The summed E-state index contributed by atoms with van der Waals surface area (Å²) in [5.74, 6) is -1.85. The zero-order valence-corrected chi connectivity index (χ0v) is 16.1. The molecule has 0 spiro atoms. The molecule has 144 valence electrons. The second-order valence-electron chi connectivity index (χ2n) is 7.09. The molecule has 4 rings (SSSR count). The minimum absolute atomic E-state index is 0.0461. The average Bonchev–Trinajstić information content (AvgIpc) is 3.11. The van der Waals surface area contributed by atoms with Crippen LogP contribution < -0.4 is 10.0 Å². The average molecular weight is 411 g/mol. The van der Waals surface area contributed by atoms with Gasteiger partial charge in [0.15, 0.2) is 5.54 Å². The molecule has 4 atom stereocenters. The van der Waals surface area contributed by atoms with Crippen molar-refractivity contribution in [2.24, 2.45) is 0 Å². The number of amides is 2. The van der Waals surface area contributed by atoms with Crippen LogP contribution in [-0.4, -0.2) is 57.9 Å². The van der Waals surface area contributed by atoms with Gasteiger partial charge in [0.05, 0.1) is 9.64 Å². The van der Waals surface area contributed by atoms with Crippen molar-refractivity contribution < 1.29 is 27.9 Å². The van der Waals surface area contributed by atoms with E-state index in [0.29, 0.717) is 12.1 Å². The third-order valence-corrected chi connectivity index (χ3v) is 8.48. The number of carbonyl (C=O) groups excluding carboxylic acids is 2. The lowest BCUT2D eigenvalue weighted by atomic mass is 10.0. The smallest absolute Gasteiger partial charge is 0.331 e. The lowest BCUT2D eigenvalue weighted by Crippen LogP contribution is -2.71. The molecular weight excluding hydrogens is 394 g/mol. The second kappa shape index (κ2) is 5.46. The van der Waals surface area contributed by atoms with Gasteiger partial charge in [-0.2, -0.15) is 4.72 Å². The number of thioether (sulfide) groups is 1. The summed E-state index contributed by atoms with van der Waals surface area (Å²) in [6.45, 7) is 3.12. The van der Waals surface area contributed by atoms with Crippen molar-refractivity contribution in [3.05, 3.63) is 24.3 Å². The van der Waals surface area contributed by atoms with Gasteiger partial charge >= 0.3 is 5.97 Å². The first-order valence-corrected chi connectivity index (χ1v) is 10.5. The van der Waals surface area contributed by atoms with Gasteiger partial charge in [0.25, 0.3) is 0 Å². The van der Waals surface area contributed by atoms with Crippen molar-refractivity contribution in [3.63, 3.8) is 0 Å². The number of rotatable bonds is 5. The van der Waals surface area contributed by atoms with E-state index >= 15 is 0 Å². The van der Waals surface area contributed by atoms with Gasteiger partial charge in [-0.15, -0.1) is 11.8 Å². The topological polar surface area (TPSA) is 133 Å². The number of aliphatic carboxylic acids is 1. The van der Waals surface area contributed by atoms with Crippen molar-refractivity contribution in [1.29, 1.82) is 0 Å². The van der Waals surface area contributed by atoms with E-state index in [1.54, 1.807) is 6.92 Å². The minimum Gasteiger partial charge on any atom is -0.479 e. The number of nitrogens with zero attached hydrogens (tertiary/aromatic N) is 1. The Balaban J connectivity index is 1.51. The Morgan fingerprint density at radius 3 is 2.48 bits per heavy atom. The van der Waals surface area contributed by atoms with E-state index in [1.165, 1.54) is 47.9 Å². The molecule has 2 aliphatic heterocycles. The van der Waals surface area contributed by atoms with Crippen molar-refractivity contribution in [3.8, 4) is 0 Å². The molecular formula is C16H17N3O6S2. The Labute approximate surface area is 159 Å². The normalized spacial score (nSPS) is 33.7. The van der Waals surface area contributed by atoms with Gasteiger partial charge in [-0.1, -0.05) is 0 Å². The molecule has 3 N–H and O–H groups in total. The number of hydrogen-bond acceptors (Lipinski definition) is 6. The first-order chi connectivity index (χ1) is 12.5. The van der Waals surface area contributed by atoms with Crippen LogP contribution in [0.2, 0.25) is 0 Å². The largest absolute Gasteiger partial charge is 0.479 e. The molecule has 27 heavy (non-hydrogen) atoms. The van der Waals surface area contributed by atoms with E-state index in [1.807, 2.05) is 0 Å². The van der Waals surface area contributed by atoms with Gasteiger partial charge in [0, 0.05) is 19.0 Å². The maximum absolute atomic E-state index is 12.6. The monoisotopic (exact) mass is 411 g/mol. The zero-order valence-electron chi connectivity index (χ0n) is 14.4. The Kier molecular flexibility index (Phi) is 3.69. The van der Waals surface area contributed by atoms with E-state index in [4.69, 9.17) is 0 Å². The molecule has 2 amide bonds. The Morgan fingerprint density at radius 1 is 1.30 bits per heavy atom. The molecule has 1 aromatic rings. The van der Waals surface area contributed by atoms with Gasteiger partial charge in [0.2, 0.25) is 21.8 Å². The number of fused-ring (bicyclic) bond motifs is 3. The van der Waals surface area contributed by atoms with E-state index in [2.05, 4.69) is 10.0 Å². The van der Waals surface area contributed by atoms with Crippen LogP contribution in [0.15, 0.2) is 29.2 Å². The molecule has 11 heteroatoms. The first-order valence-electron chi connectivity index (χ1n) is 8.16. The molecule has 1 saturated carbocycles. The number of carboxylic acids is 1. The molecule has 3 fully saturated rings. The molecule has 9 nitrogen and oxygen atoms in total. The molecule has 0 aromatic heterocycles. The SMILES string of the molecule is CC(=O)Nc1ccc(S(=O)(=O)NC2C(=O)N3[C@@H]2SC2(C)CC32C(=O)O)cc1. The summed E-state index contributed by atoms with van der Waals surface area (Å²) in [5, 5.41) is 11.5. The number of carbonyl (C=O) groups is 3. The predicted octanol–water partition coefficient (Wildman–Crippen LogP) is 0.193. The molecule has 1 aromatic carbocycles. The highest BCUT2D eigenvalue weighted by Gasteiger charge is 2.85. The number of nitrogens with one attached hydrogen (secondary N) is 2. The highest BCUT2D eigenvalue weighted by Crippen LogP contribution is 2.71. The third-order valence-electron chi connectivity index (χ3n) is 5.30. The molecule has 0 radical (unpaired) electrons. The van der Waals surface area contributed by atoms with Crippen LogP contribution in [0.1, 0.15) is 20.3 Å². The summed E-state index contributed by atoms with van der Waals surface area (Å²) in [4.78, 5) is 36.4. The van der Waals surface area contributed by atoms with Crippen molar-refractivity contribution in [2.75, 3.05) is 5.32 Å². The standard InChI is InChI=1S/C16H17N3O6S2/c1-8(20)17-9-3-5-10(6-4-9)27(24,25)18-11-12(21)19-13(11)26-15(2)7-16(15,19)14(22)23/h3-6,11,13,18H,7H2,1-2H3,(H,17,20)(H,22,23)/t11?,13-,15?,16?/m1/s1. The van der Waals surface area contributed by atoms with Crippen LogP contribution in [0.3, 0.4) is 0 Å². The third kappa shape index (κ3) is 2.41. The molecule has 2 saturated heterocycles. The van der Waals surface area contributed by atoms with Crippen LogP contribution in [0.25, 0.3) is 0 Å². The summed E-state index contributed by atoms with van der Waals surface area (Å²) in [5.41, 5.74) is -0.767. The number of hydrogen-bond donors (Lipinski definition) is 3. The number of benzene rings is 1. The van der Waals surface area contributed by atoms with E-state index in [9.17, 15) is 27.9 Å². The van der Waals surface area contributed by atoms with Gasteiger partial charge in [-0.05, 0) is 31.2 Å². The fourth-order valence-corrected chi connectivity index (χ4v) is 7.05. The molecule has 0 bridgehead atoms. The molecule has 3 aliphatic rings. The van der Waals surface area contributed by atoms with Crippen LogP contribution in [0.4, 0.5) is 5.69 Å². The molecule has 1 aliphatic carbocycles. The summed E-state index contributed by atoms with van der Waals surface area (Å²) in [6, 6.07) is 4.56. The van der Waals surface area contributed by atoms with E-state index < -0.39 is 43.6 Å². The number of sulfonamides is 1. The molecule has 2 heterocycles. The first kappa shape index (κ1) is 18.3. The van der Waals surface area contributed by atoms with Gasteiger partial charge < -0.3 is 15.3 Å². The van der Waals surface area contributed by atoms with Gasteiger partial charge in [0.1, 0.15) is 11.4 Å². The number of anilines is 1. The maximum atomic E-state index is 12.6. The van der Waals surface area contributed by atoms with Crippen LogP contribution in [0.5, 0.6) is 0 Å². The summed E-state index contributed by atoms with van der Waals surface area (Å²) in [6.07, 6.45) is 0.367. The van der Waals surface area contributed by atoms with Crippen molar-refractivity contribution >= 4 is 45.3 Å². The predicted molar refractivity (Wildman–Crippen MR) is 96.5 cm³/mol. The summed E-state index contributed by atoms with van der Waals surface area (Å²) >= 11 is 1.33. The van der Waals surface area contributed by atoms with Gasteiger partial charge in [-0.25, -0.2) is 13.2 Å². The lowest BCUT2D eigenvalue weighted by molar-refractivity contribution is -0.161. The highest BCUT2D eigenvalue weighted by molar-refractivity contribution is 8.02. The lowest BCUT2D eigenvalue weighted by Gasteiger charge is -2.45. The minimum atomic E-state index is -3.97. The second-order valence-corrected chi connectivity index (χ2v) is 10.4. The quantitative estimate of drug-likeness (QED) is 0.589. The fraction of sp³-hybridized carbons (Fsp3) is 0.438. The summed E-state index contributed by atoms with van der Waals surface area (Å²) in [7, 11) is -3.97. The number of carboxylic acid groups (broad SMARTS) is 1. The Morgan fingerprint density at radius 2 is 1.93 bits per heavy atom. The van der Waals surface area contributed by atoms with Crippen molar-refractivity contribution in [2.45, 2.75) is 46.9 Å². The van der Waals surface area contributed by atoms with Crippen LogP contribution in [0, 0.1) is 0 Å². The Bertz CT molecular complexity index is 978. The van der Waals surface area contributed by atoms with Crippen LogP contribution in [-0.2, 0) is 24.4 Å². The van der Waals surface area contributed by atoms with Crippen LogP contribution >= 0.6 is 11.8 Å². The van der Waals surface area contributed by atoms with E-state index in [0.717, 1.165) is 0 Å². The van der Waals surface area contributed by atoms with E-state index in [-0.39, 0.29) is 10.8 Å². The molecule has 3 unspecified atom stereocenters. The van der Waals surface area contributed by atoms with Gasteiger partial charge in [-0.3, -0.25) is 9.59 Å².